The second-order valence-electron chi connectivity index (χ2n) is 6.17. The van der Waals surface area contributed by atoms with Gasteiger partial charge < -0.3 is 9.64 Å². The highest BCUT2D eigenvalue weighted by molar-refractivity contribution is 5.95. The second-order valence-corrected chi connectivity index (χ2v) is 6.17. The normalized spacial score (nSPS) is 19.2. The average Bonchev–Trinajstić information content (AvgIpc) is 3.14. The lowest BCUT2D eigenvalue weighted by atomic mass is 10.0. The third-order valence-electron chi connectivity index (χ3n) is 4.43. The van der Waals surface area contributed by atoms with Crippen molar-refractivity contribution >= 4 is 11.6 Å². The molecule has 1 saturated heterocycles. The molecule has 0 aliphatic carbocycles. The molecule has 1 aliphatic rings. The second kappa shape index (κ2) is 6.04. The van der Waals surface area contributed by atoms with Gasteiger partial charge in [0, 0.05) is 25.2 Å². The van der Waals surface area contributed by atoms with Gasteiger partial charge in [-0.3, -0.25) is 4.40 Å². The fraction of sp³-hybridized carbons (Fsp3) is 0.562. The highest BCUT2D eigenvalue weighted by atomic mass is 16.5. The summed E-state index contributed by atoms with van der Waals surface area (Å²) in [4.78, 5) is 14.3. The van der Waals surface area contributed by atoms with E-state index in [0.29, 0.717) is 23.2 Å². The first-order chi connectivity index (χ1) is 10.6. The predicted molar refractivity (Wildman–Crippen MR) is 82.8 cm³/mol. The summed E-state index contributed by atoms with van der Waals surface area (Å²) in [7, 11) is 1.38. The van der Waals surface area contributed by atoms with Crippen LogP contribution < -0.4 is 0 Å². The third-order valence-corrected chi connectivity index (χ3v) is 4.43. The minimum absolute atomic E-state index is 0.378. The fourth-order valence-electron chi connectivity index (χ4n) is 3.13. The largest absolute Gasteiger partial charge is 0.465 e. The van der Waals surface area contributed by atoms with Crippen LogP contribution in [0.15, 0.2) is 18.3 Å². The first kappa shape index (κ1) is 15.0. The van der Waals surface area contributed by atoms with Gasteiger partial charge in [0.25, 0.3) is 0 Å². The summed E-state index contributed by atoms with van der Waals surface area (Å²) in [6, 6.07) is 4.14. The molecule has 0 aromatic carbocycles. The molecular weight excluding hydrogens is 280 g/mol. The van der Waals surface area contributed by atoms with Crippen molar-refractivity contribution in [3.63, 3.8) is 0 Å². The van der Waals surface area contributed by atoms with Gasteiger partial charge in [-0.1, -0.05) is 0 Å². The maximum Gasteiger partial charge on any atom is 0.341 e. The smallest absolute Gasteiger partial charge is 0.341 e. The van der Waals surface area contributed by atoms with E-state index in [1.807, 2.05) is 16.7 Å². The van der Waals surface area contributed by atoms with E-state index in [9.17, 15) is 4.79 Å². The summed E-state index contributed by atoms with van der Waals surface area (Å²) in [6.45, 7) is 6.71. The number of likely N-dealkylation sites (tertiary alicyclic amines) is 1. The van der Waals surface area contributed by atoms with E-state index >= 15 is 0 Å². The van der Waals surface area contributed by atoms with Gasteiger partial charge in [0.1, 0.15) is 11.4 Å². The van der Waals surface area contributed by atoms with Crippen LogP contribution in [0.5, 0.6) is 0 Å². The zero-order valence-electron chi connectivity index (χ0n) is 13.3. The maximum atomic E-state index is 11.8. The van der Waals surface area contributed by atoms with E-state index in [4.69, 9.17) is 4.74 Å². The zero-order chi connectivity index (χ0) is 15.7. The van der Waals surface area contributed by atoms with Crippen molar-refractivity contribution in [2.24, 2.45) is 5.92 Å². The molecule has 2 aromatic heterocycles. The first-order valence-corrected chi connectivity index (χ1v) is 7.75. The van der Waals surface area contributed by atoms with E-state index in [1.54, 1.807) is 6.07 Å². The average molecular weight is 302 g/mol. The molecule has 6 heteroatoms. The van der Waals surface area contributed by atoms with Crippen LogP contribution in [0, 0.1) is 5.92 Å². The molecule has 0 N–H and O–H groups in total. The predicted octanol–water partition coefficient (Wildman–Crippen LogP) is 1.79. The molecule has 1 fully saturated rings. The number of methoxy groups -OCH3 is 1. The Labute approximate surface area is 130 Å². The van der Waals surface area contributed by atoms with Gasteiger partial charge in [-0.15, -0.1) is 10.2 Å². The van der Waals surface area contributed by atoms with Crippen LogP contribution in [0.25, 0.3) is 5.65 Å². The molecule has 22 heavy (non-hydrogen) atoms. The molecule has 1 unspecified atom stereocenters. The van der Waals surface area contributed by atoms with Crippen molar-refractivity contribution in [2.75, 3.05) is 20.2 Å². The molecule has 6 nitrogen and oxygen atoms in total. The standard InChI is InChI=1S/C16H22N4O2/c1-11(2)19-8-6-12(10-19)9-14-17-18-15-13(16(21)22-3)5-4-7-20(14)15/h4-5,7,11-12H,6,8-10H2,1-3H3. The minimum Gasteiger partial charge on any atom is -0.465 e. The Morgan fingerprint density at radius 2 is 2.27 bits per heavy atom. The van der Waals surface area contributed by atoms with Crippen molar-refractivity contribution in [3.05, 3.63) is 29.7 Å². The molecule has 3 rings (SSSR count). The molecule has 0 bridgehead atoms. The third kappa shape index (κ3) is 2.70. The minimum atomic E-state index is -0.378. The number of carbonyl (C=O) groups is 1. The van der Waals surface area contributed by atoms with Gasteiger partial charge in [-0.05, 0) is 44.9 Å². The quantitative estimate of drug-likeness (QED) is 0.806. The van der Waals surface area contributed by atoms with Gasteiger partial charge in [0.05, 0.1) is 7.11 Å². The number of fused-ring (bicyclic) bond motifs is 1. The van der Waals surface area contributed by atoms with Crippen LogP contribution in [0.4, 0.5) is 0 Å². The number of aromatic nitrogens is 3. The van der Waals surface area contributed by atoms with Crippen molar-refractivity contribution in [1.29, 1.82) is 0 Å². The van der Waals surface area contributed by atoms with E-state index in [0.717, 1.165) is 25.3 Å². The Morgan fingerprint density at radius 1 is 1.45 bits per heavy atom. The van der Waals surface area contributed by atoms with E-state index in [1.165, 1.54) is 13.5 Å². The maximum absolute atomic E-state index is 11.8. The molecule has 0 amide bonds. The number of ether oxygens (including phenoxy) is 1. The van der Waals surface area contributed by atoms with Crippen LogP contribution in [-0.2, 0) is 11.2 Å². The first-order valence-electron chi connectivity index (χ1n) is 7.75. The summed E-state index contributed by atoms with van der Waals surface area (Å²) in [5.74, 6) is 1.13. The van der Waals surface area contributed by atoms with Gasteiger partial charge in [-0.2, -0.15) is 0 Å². The molecular formula is C16H22N4O2. The van der Waals surface area contributed by atoms with Crippen LogP contribution in [0.2, 0.25) is 0 Å². The Hall–Kier alpha value is -1.95. The molecule has 3 heterocycles. The van der Waals surface area contributed by atoms with Crippen molar-refractivity contribution in [3.8, 4) is 0 Å². The number of hydrogen-bond acceptors (Lipinski definition) is 5. The van der Waals surface area contributed by atoms with E-state index < -0.39 is 0 Å². The SMILES string of the molecule is COC(=O)c1cccn2c(CC3CCN(C(C)C)C3)nnc12. The molecule has 0 spiro atoms. The zero-order valence-corrected chi connectivity index (χ0v) is 13.3. The molecule has 0 radical (unpaired) electrons. The Bertz CT molecular complexity index is 680. The Morgan fingerprint density at radius 3 is 2.95 bits per heavy atom. The molecule has 2 aromatic rings. The highest BCUT2D eigenvalue weighted by Gasteiger charge is 2.26. The van der Waals surface area contributed by atoms with Gasteiger partial charge in [-0.25, -0.2) is 4.79 Å². The summed E-state index contributed by atoms with van der Waals surface area (Å²) < 4.78 is 6.71. The Balaban J connectivity index is 1.82. The van der Waals surface area contributed by atoms with Crippen LogP contribution >= 0.6 is 0 Å². The molecule has 1 atom stereocenters. The van der Waals surface area contributed by atoms with Crippen molar-refractivity contribution < 1.29 is 9.53 Å². The number of nitrogens with zero attached hydrogens (tertiary/aromatic N) is 4. The summed E-state index contributed by atoms with van der Waals surface area (Å²) in [6.07, 6.45) is 3.98. The summed E-state index contributed by atoms with van der Waals surface area (Å²) in [5.41, 5.74) is 1.03. The lowest BCUT2D eigenvalue weighted by molar-refractivity contribution is 0.0602. The Kier molecular flexibility index (Phi) is 4.11. The number of pyridine rings is 1. The number of esters is 1. The fourth-order valence-corrected chi connectivity index (χ4v) is 3.13. The highest BCUT2D eigenvalue weighted by Crippen LogP contribution is 2.22. The number of carbonyl (C=O) groups excluding carboxylic acids is 1. The molecule has 0 saturated carbocycles. The number of hydrogen-bond donors (Lipinski definition) is 0. The summed E-state index contributed by atoms with van der Waals surface area (Å²) in [5, 5.41) is 8.48. The van der Waals surface area contributed by atoms with Crippen LogP contribution in [-0.4, -0.2) is 51.7 Å². The molecule has 1 aliphatic heterocycles. The van der Waals surface area contributed by atoms with E-state index in [2.05, 4.69) is 28.9 Å². The van der Waals surface area contributed by atoms with Gasteiger partial charge >= 0.3 is 5.97 Å². The van der Waals surface area contributed by atoms with Crippen LogP contribution in [0.1, 0.15) is 36.5 Å². The lowest BCUT2D eigenvalue weighted by Gasteiger charge is -2.20. The monoisotopic (exact) mass is 302 g/mol. The van der Waals surface area contributed by atoms with E-state index in [-0.39, 0.29) is 5.97 Å². The van der Waals surface area contributed by atoms with Gasteiger partial charge in [0.2, 0.25) is 0 Å². The topological polar surface area (TPSA) is 59.7 Å². The van der Waals surface area contributed by atoms with Gasteiger partial charge in [0.15, 0.2) is 5.65 Å². The van der Waals surface area contributed by atoms with Crippen LogP contribution in [0.3, 0.4) is 0 Å². The molecule has 118 valence electrons. The van der Waals surface area contributed by atoms with Crippen molar-refractivity contribution in [2.45, 2.75) is 32.7 Å². The summed E-state index contributed by atoms with van der Waals surface area (Å²) >= 11 is 0. The number of rotatable bonds is 4. The van der Waals surface area contributed by atoms with Crippen molar-refractivity contribution in [1.82, 2.24) is 19.5 Å². The lowest BCUT2D eigenvalue weighted by Crippen LogP contribution is -2.28.